The fraction of sp³-hybridized carbons (Fsp3) is 0.525. The van der Waals surface area contributed by atoms with E-state index in [1.54, 1.807) is 17.4 Å². The van der Waals surface area contributed by atoms with Crippen LogP contribution in [0, 0.1) is 23.7 Å². The van der Waals surface area contributed by atoms with Gasteiger partial charge in [0.25, 0.3) is 0 Å². The number of aromatic amines is 1. The van der Waals surface area contributed by atoms with Crippen molar-refractivity contribution in [1.29, 1.82) is 5.26 Å². The van der Waals surface area contributed by atoms with Gasteiger partial charge in [0.1, 0.15) is 12.1 Å². The van der Waals surface area contributed by atoms with Crippen LogP contribution in [0.2, 0.25) is 0 Å². The first-order chi connectivity index (χ1) is 36.9. The zero-order valence-electron chi connectivity index (χ0n) is 46.1. The van der Waals surface area contributed by atoms with Gasteiger partial charge in [-0.3, -0.25) is 28.9 Å². The second-order valence-electron chi connectivity index (χ2n) is 23.4. The monoisotopic (exact) mass is 1060 g/mol. The number of β-amino-alcohol motifs (C(OH)–C–C–N with tert-alkyl or cyclic N) is 1. The van der Waals surface area contributed by atoms with Gasteiger partial charge in [0.15, 0.2) is 5.78 Å². The highest BCUT2D eigenvalue weighted by atomic mass is 32.1. The summed E-state index contributed by atoms with van der Waals surface area (Å²) in [4.78, 5) is 85.9. The molecule has 4 amide bonds. The number of nitrogens with zero attached hydrogens (tertiary/aromatic N) is 6. The smallest absolute Gasteiger partial charge is 0.246 e. The van der Waals surface area contributed by atoms with Crippen LogP contribution < -0.4 is 15.5 Å². The molecular weight excluding hydrogens is 987 g/mol. The van der Waals surface area contributed by atoms with Crippen molar-refractivity contribution in [3.63, 3.8) is 0 Å². The van der Waals surface area contributed by atoms with E-state index in [0.717, 1.165) is 134 Å². The Bertz CT molecular complexity index is 3040. The molecule has 77 heavy (non-hydrogen) atoms. The van der Waals surface area contributed by atoms with E-state index < -0.39 is 29.0 Å². The summed E-state index contributed by atoms with van der Waals surface area (Å²) in [5, 5.41) is 27.0. The fourth-order valence-electron chi connectivity index (χ4n) is 12.2. The Balaban J connectivity index is 0.673. The molecule has 5 heterocycles. The highest BCUT2D eigenvalue weighted by Crippen LogP contribution is 2.46. The molecule has 15 nitrogen and oxygen atoms in total. The number of nitrogens with one attached hydrogen (secondary N) is 3. The maximum atomic E-state index is 14.2. The maximum absolute atomic E-state index is 14.2. The van der Waals surface area contributed by atoms with Crippen LogP contribution >= 0.6 is 11.3 Å². The zero-order chi connectivity index (χ0) is 54.8. The second-order valence-corrected chi connectivity index (χ2v) is 24.3. The average Bonchev–Trinajstić information content (AvgIpc) is 4.19. The van der Waals surface area contributed by atoms with E-state index in [2.05, 4.69) is 69.4 Å². The molecule has 3 aliphatic heterocycles. The predicted molar refractivity (Wildman–Crippen MR) is 302 cm³/mol. The Morgan fingerprint density at radius 1 is 0.935 bits per heavy atom. The van der Waals surface area contributed by atoms with Crippen LogP contribution in [0.25, 0.3) is 21.3 Å². The number of nitriles is 1. The normalized spacial score (nSPS) is 19.2. The molecule has 3 aromatic carbocycles. The molecule has 0 spiro atoms. The minimum absolute atomic E-state index is 0.0213. The van der Waals surface area contributed by atoms with Gasteiger partial charge in [0, 0.05) is 111 Å². The van der Waals surface area contributed by atoms with Crippen molar-refractivity contribution < 1.29 is 29.1 Å². The van der Waals surface area contributed by atoms with Gasteiger partial charge in [-0.2, -0.15) is 5.26 Å². The van der Waals surface area contributed by atoms with E-state index >= 15 is 0 Å². The number of unbranched alkanes of at least 4 members (excludes halogenated alkanes) is 4. The quantitative estimate of drug-likeness (QED) is 0.0656. The number of anilines is 1. The van der Waals surface area contributed by atoms with E-state index in [9.17, 15) is 34.3 Å². The number of piperazine rings is 1. The average molecular weight is 1060 g/mol. The highest BCUT2D eigenvalue weighted by Gasteiger charge is 2.45. The first-order valence-electron chi connectivity index (χ1n) is 28.0. The minimum Gasteiger partial charge on any atom is -0.391 e. The summed E-state index contributed by atoms with van der Waals surface area (Å²) < 4.78 is 0. The molecule has 0 radical (unpaired) electrons. The highest BCUT2D eigenvalue weighted by molar-refractivity contribution is 7.13. The largest absolute Gasteiger partial charge is 0.391 e. The van der Waals surface area contributed by atoms with Gasteiger partial charge in [0.2, 0.25) is 23.6 Å². The number of aromatic nitrogens is 2. The number of carbonyl (C=O) groups is 5. The van der Waals surface area contributed by atoms with Crippen molar-refractivity contribution in [1.82, 2.24) is 35.3 Å². The molecule has 0 saturated carbocycles. The summed E-state index contributed by atoms with van der Waals surface area (Å²) in [6.45, 7) is 19.6. The molecule has 3 fully saturated rings. The van der Waals surface area contributed by atoms with Crippen molar-refractivity contribution in [2.24, 2.45) is 5.41 Å². The Morgan fingerprint density at radius 3 is 2.30 bits per heavy atom. The van der Waals surface area contributed by atoms with Crippen molar-refractivity contribution in [2.45, 2.75) is 155 Å². The van der Waals surface area contributed by atoms with E-state index in [1.807, 2.05) is 74.5 Å². The van der Waals surface area contributed by atoms with E-state index in [1.165, 1.54) is 16.2 Å². The molecule has 4 N–H and O–H groups in total. The number of carbonyl (C=O) groups excluding carboxylic acids is 5. The Morgan fingerprint density at radius 2 is 1.64 bits per heavy atom. The molecule has 4 aliphatic rings. The minimum atomic E-state index is -0.873. The molecule has 408 valence electrons. The standard InChI is InChI=1S/C61H77N9O6S/c1-8-41-31-46-47(61(6,7)56-53(54(46)74)45-21-18-40(34-62)30-48(45)65-56)33-49(41)68-24-22-43(23-25-68)67-26-28-69(29-27-67)52(73)15-13-11-9-10-12-14-51(72)66-57(60(3,4)5)59(76)70-36-44(71)32-50(70)58(75)63-35-39-16-19-42(20-17-39)55-38(2)64-37-77-55/h16-21,30-31,33,37,43-44,50,57,65,71H,8-15,22-29,32,35-36H2,1-7H3,(H,63,75)(H,66,72)/t44-,50+,57-/m1/s1. The molecule has 9 rings (SSSR count). The number of fused-ring (bicyclic) bond motifs is 4. The molecule has 1 aliphatic carbocycles. The molecule has 3 saturated heterocycles. The lowest BCUT2D eigenvalue weighted by Crippen LogP contribution is -2.57. The molecule has 3 atom stereocenters. The third kappa shape index (κ3) is 11.9. The van der Waals surface area contributed by atoms with E-state index in [4.69, 9.17) is 0 Å². The van der Waals surface area contributed by atoms with Gasteiger partial charge in [-0.05, 0) is 91.0 Å². The molecule has 16 heteroatoms. The van der Waals surface area contributed by atoms with Gasteiger partial charge >= 0.3 is 0 Å². The topological polar surface area (TPSA) is 195 Å². The number of piperidine rings is 1. The first-order valence-corrected chi connectivity index (χ1v) is 28.8. The summed E-state index contributed by atoms with van der Waals surface area (Å²) in [7, 11) is 0. The Kier molecular flexibility index (Phi) is 16.7. The summed E-state index contributed by atoms with van der Waals surface area (Å²) in [6, 6.07) is 18.8. The number of rotatable bonds is 17. The maximum Gasteiger partial charge on any atom is 0.246 e. The van der Waals surface area contributed by atoms with Crippen LogP contribution in [-0.4, -0.2) is 129 Å². The molecule has 2 aromatic heterocycles. The van der Waals surface area contributed by atoms with Gasteiger partial charge in [-0.1, -0.05) is 91.1 Å². The summed E-state index contributed by atoms with van der Waals surface area (Å²) in [5.41, 5.74) is 10.9. The number of hydrogen-bond donors (Lipinski definition) is 4. The number of aliphatic hydroxyl groups is 1. The first kappa shape index (κ1) is 55.3. The summed E-state index contributed by atoms with van der Waals surface area (Å²) >= 11 is 1.58. The lowest BCUT2D eigenvalue weighted by Gasteiger charge is -2.44. The number of ketones is 1. The van der Waals surface area contributed by atoms with Gasteiger partial charge < -0.3 is 35.4 Å². The third-order valence-corrected chi connectivity index (χ3v) is 17.8. The van der Waals surface area contributed by atoms with Crippen molar-refractivity contribution >= 4 is 57.3 Å². The summed E-state index contributed by atoms with van der Waals surface area (Å²) in [5.74, 6) is -0.682. The number of aryl methyl sites for hydroxylation is 2. The van der Waals surface area contributed by atoms with E-state index in [0.29, 0.717) is 30.0 Å². The van der Waals surface area contributed by atoms with E-state index in [-0.39, 0.29) is 55.3 Å². The number of H-pyrrole nitrogens is 1. The number of thiazole rings is 1. The summed E-state index contributed by atoms with van der Waals surface area (Å²) in [6.07, 6.45) is 7.09. The Hall–Kier alpha value is -6.41. The molecular formula is C61H77N9O6S. The van der Waals surface area contributed by atoms with Gasteiger partial charge in [-0.25, -0.2) is 4.98 Å². The number of hydrogen-bond acceptors (Lipinski definition) is 11. The van der Waals surface area contributed by atoms with Gasteiger partial charge in [-0.15, -0.1) is 11.3 Å². The van der Waals surface area contributed by atoms with Crippen LogP contribution in [0.4, 0.5) is 5.69 Å². The molecule has 0 bridgehead atoms. The van der Waals surface area contributed by atoms with Crippen molar-refractivity contribution in [3.8, 4) is 16.5 Å². The fourth-order valence-corrected chi connectivity index (χ4v) is 13.0. The van der Waals surface area contributed by atoms with Crippen molar-refractivity contribution in [3.05, 3.63) is 105 Å². The van der Waals surface area contributed by atoms with Crippen LogP contribution in [0.5, 0.6) is 0 Å². The number of benzene rings is 3. The second kappa shape index (κ2) is 23.3. The number of amides is 4. The Labute approximate surface area is 457 Å². The zero-order valence-corrected chi connectivity index (χ0v) is 46.9. The lowest BCUT2D eigenvalue weighted by molar-refractivity contribution is -0.144. The van der Waals surface area contributed by atoms with Crippen LogP contribution in [0.15, 0.2) is 60.1 Å². The SMILES string of the molecule is CCc1cc2c(cc1N1CCC(N3CCN(C(=O)CCCCCCCC(=O)N[C@H](C(=O)N4C[C@H](O)C[C@H]4C(=O)NCc4ccc(-c5scnc5C)cc4)C(C)(C)C)CC3)CC1)C(C)(C)c1[nH]c3cc(C#N)ccc3c1C2=O. The number of aliphatic hydroxyl groups excluding tert-OH is 1. The number of likely N-dealkylation sites (tertiary alicyclic amines) is 1. The van der Waals surface area contributed by atoms with Crippen molar-refractivity contribution in [2.75, 3.05) is 50.7 Å². The lowest BCUT2D eigenvalue weighted by atomic mass is 9.70. The van der Waals surface area contributed by atoms with Crippen LogP contribution in [0.3, 0.4) is 0 Å². The third-order valence-electron chi connectivity index (χ3n) is 16.8. The molecule has 0 unspecified atom stereocenters. The predicted octanol–water partition coefficient (Wildman–Crippen LogP) is 8.56. The molecule has 5 aromatic rings. The van der Waals surface area contributed by atoms with Crippen LogP contribution in [-0.2, 0) is 37.6 Å². The van der Waals surface area contributed by atoms with Gasteiger partial charge in [0.05, 0.1) is 39.4 Å². The van der Waals surface area contributed by atoms with Crippen LogP contribution in [0.1, 0.15) is 155 Å².